The maximum atomic E-state index is 11.3. The maximum Gasteiger partial charge on any atom is 0.319 e. The van der Waals surface area contributed by atoms with Gasteiger partial charge in [0.1, 0.15) is 11.6 Å². The van der Waals surface area contributed by atoms with Crippen LogP contribution in [0.4, 0.5) is 5.69 Å². The minimum atomic E-state index is -0.637. The van der Waals surface area contributed by atoms with Crippen LogP contribution < -0.4 is 0 Å². The predicted octanol–water partition coefficient (Wildman–Crippen LogP) is 2.75. The average Bonchev–Trinajstić information content (AvgIpc) is 3.03. The first-order chi connectivity index (χ1) is 11.6. The Labute approximate surface area is 147 Å². The van der Waals surface area contributed by atoms with Gasteiger partial charge < -0.3 is 0 Å². The lowest BCUT2D eigenvalue weighted by Crippen LogP contribution is -2.01. The second-order valence-electron chi connectivity index (χ2n) is 4.33. The lowest BCUT2D eigenvalue weighted by atomic mass is 10.2. The number of nitro groups is 1. The van der Waals surface area contributed by atoms with Gasteiger partial charge in [0.2, 0.25) is 5.16 Å². The van der Waals surface area contributed by atoms with Gasteiger partial charge in [-0.3, -0.25) is 10.1 Å². The van der Waals surface area contributed by atoms with Crippen LogP contribution in [-0.2, 0) is 0 Å². The summed E-state index contributed by atoms with van der Waals surface area (Å²) in [5.74, 6) is 0. The van der Waals surface area contributed by atoms with Crippen molar-refractivity contribution in [1.29, 1.82) is 5.26 Å². The molecule has 3 aromatic rings. The van der Waals surface area contributed by atoms with Crippen LogP contribution in [0.3, 0.4) is 0 Å². The molecule has 9 nitrogen and oxygen atoms in total. The van der Waals surface area contributed by atoms with Crippen molar-refractivity contribution in [3.8, 4) is 11.8 Å². The number of halogens is 1. The van der Waals surface area contributed by atoms with E-state index in [4.69, 9.17) is 5.26 Å². The van der Waals surface area contributed by atoms with Gasteiger partial charge >= 0.3 is 5.69 Å². The largest absolute Gasteiger partial charge is 0.319 e. The van der Waals surface area contributed by atoms with Crippen molar-refractivity contribution in [2.24, 2.45) is 0 Å². The fourth-order valence-corrected chi connectivity index (χ4v) is 2.99. The molecule has 0 saturated carbocycles. The highest BCUT2D eigenvalue weighted by Gasteiger charge is 2.24. The van der Waals surface area contributed by atoms with Crippen molar-refractivity contribution in [2.45, 2.75) is 10.2 Å². The van der Waals surface area contributed by atoms with Crippen LogP contribution in [0.25, 0.3) is 5.69 Å². The summed E-state index contributed by atoms with van der Waals surface area (Å²) in [4.78, 5) is 14.6. The van der Waals surface area contributed by atoms with Gasteiger partial charge in [-0.1, -0.05) is 15.9 Å². The zero-order valence-corrected chi connectivity index (χ0v) is 14.1. The second kappa shape index (κ2) is 6.73. The Morgan fingerprint density at radius 1 is 1.29 bits per heavy atom. The van der Waals surface area contributed by atoms with Gasteiger partial charge in [0, 0.05) is 10.7 Å². The van der Waals surface area contributed by atoms with E-state index in [0.29, 0.717) is 10.8 Å². The van der Waals surface area contributed by atoms with E-state index in [1.54, 1.807) is 18.2 Å². The molecule has 1 aromatic carbocycles. The van der Waals surface area contributed by atoms with Crippen LogP contribution in [-0.4, -0.2) is 30.1 Å². The predicted molar refractivity (Wildman–Crippen MR) is 86.6 cm³/mol. The first-order valence-corrected chi connectivity index (χ1v) is 7.97. The zero-order valence-electron chi connectivity index (χ0n) is 11.7. The van der Waals surface area contributed by atoms with Crippen LogP contribution in [0.2, 0.25) is 0 Å². The number of tetrazole rings is 1. The van der Waals surface area contributed by atoms with Gasteiger partial charge in [-0.2, -0.15) is 9.94 Å². The van der Waals surface area contributed by atoms with E-state index in [1.165, 1.54) is 16.9 Å². The highest BCUT2D eigenvalue weighted by Crippen LogP contribution is 2.34. The van der Waals surface area contributed by atoms with Crippen LogP contribution in [0.5, 0.6) is 0 Å². The number of hydrogen-bond acceptors (Lipinski definition) is 8. The van der Waals surface area contributed by atoms with Crippen molar-refractivity contribution in [3.05, 3.63) is 56.7 Å². The molecule has 11 heteroatoms. The van der Waals surface area contributed by atoms with Crippen LogP contribution >= 0.6 is 27.7 Å². The molecule has 2 heterocycles. The van der Waals surface area contributed by atoms with Crippen LogP contribution in [0, 0.1) is 21.4 Å². The average molecular weight is 404 g/mol. The molecule has 0 spiro atoms. The van der Waals surface area contributed by atoms with Crippen LogP contribution in [0.15, 0.2) is 51.2 Å². The number of benzene rings is 1. The summed E-state index contributed by atoms with van der Waals surface area (Å²) in [6, 6.07) is 10.3. The molecule has 0 aliphatic heterocycles. The number of aromatic nitrogens is 5. The molecule has 0 aliphatic carbocycles. The van der Waals surface area contributed by atoms with E-state index in [9.17, 15) is 10.1 Å². The van der Waals surface area contributed by atoms with E-state index in [1.807, 2.05) is 12.1 Å². The third-order valence-corrected chi connectivity index (χ3v) is 4.35. The molecule has 0 radical (unpaired) electrons. The molecule has 0 atom stereocenters. The molecular weight excluding hydrogens is 398 g/mol. The summed E-state index contributed by atoms with van der Waals surface area (Å²) in [6.07, 6.45) is 1.33. The third-order valence-electron chi connectivity index (χ3n) is 2.89. The first kappa shape index (κ1) is 16.0. The van der Waals surface area contributed by atoms with Crippen molar-refractivity contribution >= 4 is 33.4 Å². The molecule has 3 rings (SSSR count). The number of nitrogens with zero attached hydrogens (tertiary/aromatic N) is 7. The van der Waals surface area contributed by atoms with Crippen LogP contribution in [0.1, 0.15) is 5.56 Å². The number of hydrogen-bond donors (Lipinski definition) is 0. The van der Waals surface area contributed by atoms with Crippen molar-refractivity contribution in [2.75, 3.05) is 0 Å². The topological polar surface area (TPSA) is 123 Å². The van der Waals surface area contributed by atoms with Crippen molar-refractivity contribution in [3.63, 3.8) is 0 Å². The Kier molecular flexibility index (Phi) is 4.50. The molecule has 0 fully saturated rings. The summed E-state index contributed by atoms with van der Waals surface area (Å²) in [7, 11) is 0. The fourth-order valence-electron chi connectivity index (χ4n) is 1.85. The number of nitriles is 1. The minimum Gasteiger partial charge on any atom is -0.258 e. The molecule has 0 saturated heterocycles. The lowest BCUT2D eigenvalue weighted by Gasteiger charge is -2.05. The van der Waals surface area contributed by atoms with E-state index in [-0.39, 0.29) is 16.3 Å². The van der Waals surface area contributed by atoms with Gasteiger partial charge in [0.05, 0.1) is 10.6 Å². The zero-order chi connectivity index (χ0) is 17.1. The molecule has 0 aliphatic rings. The first-order valence-electron chi connectivity index (χ1n) is 6.36. The summed E-state index contributed by atoms with van der Waals surface area (Å²) in [5, 5.41) is 32.0. The quantitative estimate of drug-likeness (QED) is 0.480. The second-order valence-corrected chi connectivity index (χ2v) is 6.20. The lowest BCUT2D eigenvalue weighted by molar-refractivity contribution is -0.388. The molecule has 0 bridgehead atoms. The normalized spacial score (nSPS) is 10.3. The van der Waals surface area contributed by atoms with E-state index >= 15 is 0 Å². The number of rotatable bonds is 4. The SMILES string of the molecule is N#Cc1ccnc(Sc2nnnn2-c2ccc(Br)cc2)c1[N+](=O)[O-]. The Morgan fingerprint density at radius 3 is 2.71 bits per heavy atom. The Morgan fingerprint density at radius 2 is 2.04 bits per heavy atom. The minimum absolute atomic E-state index is 0.0483. The van der Waals surface area contributed by atoms with Gasteiger partial charge in [-0.05, 0) is 52.5 Å². The Hall–Kier alpha value is -2.84. The van der Waals surface area contributed by atoms with Crippen molar-refractivity contribution < 1.29 is 4.92 Å². The van der Waals surface area contributed by atoms with Gasteiger partial charge in [-0.15, -0.1) is 5.10 Å². The monoisotopic (exact) mass is 403 g/mol. The summed E-state index contributed by atoms with van der Waals surface area (Å²) < 4.78 is 2.33. The number of pyridine rings is 1. The van der Waals surface area contributed by atoms with Crippen molar-refractivity contribution in [1.82, 2.24) is 25.2 Å². The highest BCUT2D eigenvalue weighted by molar-refractivity contribution is 9.10. The standard InChI is InChI=1S/C13H6BrN7O2S/c14-9-1-3-10(4-2-9)20-13(17-18-19-20)24-12-11(21(22)23)8(7-15)5-6-16-12/h1-6H. The van der Waals surface area contributed by atoms with Gasteiger partial charge in [0.15, 0.2) is 5.03 Å². The Balaban J connectivity index is 2.03. The molecular formula is C13H6BrN7O2S. The molecule has 0 N–H and O–H groups in total. The van der Waals surface area contributed by atoms with E-state index in [2.05, 4.69) is 36.4 Å². The third kappa shape index (κ3) is 3.10. The van der Waals surface area contributed by atoms with Gasteiger partial charge in [0.25, 0.3) is 0 Å². The van der Waals surface area contributed by atoms with E-state index < -0.39 is 4.92 Å². The fraction of sp³-hybridized carbons (Fsp3) is 0. The summed E-state index contributed by atoms with van der Waals surface area (Å²) >= 11 is 4.26. The maximum absolute atomic E-state index is 11.3. The van der Waals surface area contributed by atoms with Gasteiger partial charge in [-0.25, -0.2) is 4.98 Å². The molecule has 24 heavy (non-hydrogen) atoms. The van der Waals surface area contributed by atoms with E-state index in [0.717, 1.165) is 16.2 Å². The molecule has 2 aromatic heterocycles. The molecule has 0 amide bonds. The molecule has 0 unspecified atom stereocenters. The highest BCUT2D eigenvalue weighted by atomic mass is 79.9. The Bertz CT molecular complexity index is 952. The summed E-state index contributed by atoms with van der Waals surface area (Å²) in [5.41, 5.74) is 0.250. The molecule has 118 valence electrons. The smallest absolute Gasteiger partial charge is 0.258 e. The summed E-state index contributed by atoms with van der Waals surface area (Å²) in [6.45, 7) is 0.